The molecule has 1 aliphatic heterocycles. The Bertz CT molecular complexity index is 5310. The largest absolute Gasteiger partial charge is 0.489 e. The van der Waals surface area contributed by atoms with E-state index in [-0.39, 0.29) is 38.0 Å². The molecule has 1 saturated heterocycles. The number of benzene rings is 6. The van der Waals surface area contributed by atoms with Crippen LogP contribution >= 0.6 is 11.6 Å². The number of rotatable bonds is 30. The maximum absolute atomic E-state index is 13.4. The fourth-order valence-electron chi connectivity index (χ4n) is 17.0. The van der Waals surface area contributed by atoms with Crippen LogP contribution in [0.1, 0.15) is 221 Å². The number of aryl methyl sites for hydroxylation is 5. The second-order valence-corrected chi connectivity index (χ2v) is 43.2. The first-order chi connectivity index (χ1) is 59.2. The summed E-state index contributed by atoms with van der Waals surface area (Å²) in [7, 11) is 2.40. The lowest BCUT2D eigenvalue weighted by Crippen LogP contribution is -2.31. The van der Waals surface area contributed by atoms with Gasteiger partial charge in [0, 0.05) is 54.7 Å². The SMILES string of the molecule is Cc1cc(Nc2ncc(C)c(Nc3ccccc3S(=O)(=O)C(C)C)n2)c(OC(C)C)cc1C1CCC(N(C)C)CC1.Cc1cc(Nc2ncc(C)c(Nc3ccccc3S(=O)(=O)C(C)C)n2)c(OC(C)C)cc1C1CCC(N(C)C)CC1.Cc1cc(Nc2ncc(Cl)c(Nc3ccccc3S(=O)(=O)N3CCCC3)n2)c(OC(C)C)cc1C1CCC(N(C)C)CC1. The van der Waals surface area contributed by atoms with Crippen LogP contribution in [0.5, 0.6) is 17.2 Å². The monoisotopic (exact) mass is 1780 g/mol. The third kappa shape index (κ3) is 24.5. The molecule has 25 nitrogen and oxygen atoms in total. The number of para-hydroxylation sites is 3. The summed E-state index contributed by atoms with van der Waals surface area (Å²) in [6, 6.07) is 35.5. The van der Waals surface area contributed by atoms with Gasteiger partial charge in [0.2, 0.25) is 27.9 Å². The average Bonchev–Trinajstić information content (AvgIpc) is 1.70. The van der Waals surface area contributed by atoms with Gasteiger partial charge < -0.3 is 60.8 Å². The fraction of sp³-hybridized carbons (Fsp3) is 0.500. The highest BCUT2D eigenvalue weighted by atomic mass is 35.5. The van der Waals surface area contributed by atoms with E-state index in [0.29, 0.717) is 101 Å². The van der Waals surface area contributed by atoms with Crippen molar-refractivity contribution in [2.75, 3.05) is 87.3 Å². The van der Waals surface area contributed by atoms with Gasteiger partial charge in [0.05, 0.1) is 78.9 Å². The number of hydrogen-bond donors (Lipinski definition) is 6. The van der Waals surface area contributed by atoms with Crippen LogP contribution < -0.4 is 46.1 Å². The van der Waals surface area contributed by atoms with Gasteiger partial charge in [-0.3, -0.25) is 0 Å². The lowest BCUT2D eigenvalue weighted by Gasteiger charge is -2.33. The zero-order valence-corrected chi connectivity index (χ0v) is 80.2. The van der Waals surface area contributed by atoms with Crippen LogP contribution in [0, 0.1) is 34.6 Å². The van der Waals surface area contributed by atoms with Crippen LogP contribution in [0.25, 0.3) is 0 Å². The first-order valence-electron chi connectivity index (χ1n) is 44.3. The molecule has 29 heteroatoms. The smallest absolute Gasteiger partial charge is 0.245 e. The molecule has 0 radical (unpaired) electrons. The summed E-state index contributed by atoms with van der Waals surface area (Å²) in [5, 5.41) is 18.9. The van der Waals surface area contributed by atoms with E-state index in [1.54, 1.807) is 101 Å². The molecule has 6 N–H and O–H groups in total. The minimum atomic E-state index is -3.65. The van der Waals surface area contributed by atoms with Crippen LogP contribution in [-0.2, 0) is 29.7 Å². The van der Waals surface area contributed by atoms with Crippen LogP contribution in [0.15, 0.2) is 142 Å². The Labute approximate surface area is 749 Å². The highest BCUT2D eigenvalue weighted by Crippen LogP contribution is 2.46. The second kappa shape index (κ2) is 42.6. The van der Waals surface area contributed by atoms with Gasteiger partial charge in [0.15, 0.2) is 25.5 Å². The number of anilines is 12. The molecule has 676 valence electrons. The van der Waals surface area contributed by atoms with Crippen molar-refractivity contribution in [1.82, 2.24) is 48.9 Å². The molecule has 4 heterocycles. The van der Waals surface area contributed by atoms with Crippen molar-refractivity contribution in [3.63, 3.8) is 0 Å². The number of nitrogens with zero attached hydrogens (tertiary/aromatic N) is 10. The highest BCUT2D eigenvalue weighted by molar-refractivity contribution is 7.92. The number of hydrogen-bond acceptors (Lipinski definition) is 24. The summed E-state index contributed by atoms with van der Waals surface area (Å²) in [4.78, 5) is 35.3. The molecule has 3 aliphatic carbocycles. The summed E-state index contributed by atoms with van der Waals surface area (Å²) < 4.78 is 99.0. The van der Waals surface area contributed by atoms with E-state index in [1.807, 2.05) is 67.5 Å². The van der Waals surface area contributed by atoms with Gasteiger partial charge >= 0.3 is 0 Å². The van der Waals surface area contributed by atoms with Gasteiger partial charge in [0.1, 0.15) is 38.8 Å². The number of sulfonamides is 1. The number of nitrogens with one attached hydrogen (secondary N) is 6. The molecule has 6 aromatic carbocycles. The first kappa shape index (κ1) is 96.4. The Morgan fingerprint density at radius 2 is 0.656 bits per heavy atom. The Balaban J connectivity index is 0.000000182. The van der Waals surface area contributed by atoms with Crippen LogP contribution in [0.4, 0.5) is 69.4 Å². The molecule has 0 atom stereocenters. The van der Waals surface area contributed by atoms with Gasteiger partial charge in [-0.05, 0) is 360 Å². The standard InChI is InChI=1S/C32H43ClN6O3S.2C32H45N5O3S/c1-21(2)42-29-19-25(23-12-14-24(15-13-23)38(4)5)22(3)18-28(29)36-32-34-20-26(33)31(37-32)35-27-10-6-7-11-30(27)43(40,41)39-16-8-9-17-39;2*1-20(2)40-29-18-26(24-13-15-25(16-14-24)37(7)8)22(5)17-28(29)35-32-33-19-23(6)31(36-32)34-27-11-9-10-12-30(27)41(38,39)21(3)4/h6-7,10-11,18-21,23-24H,8-9,12-17H2,1-5H3,(H2,34,35,36,37);2*9-12,17-21,24-25H,13-16H2,1-8H3,(H2,33,34,35,36). The third-order valence-electron chi connectivity index (χ3n) is 24.2. The fourth-order valence-corrected chi connectivity index (χ4v) is 21.2. The number of sulfone groups is 2. The van der Waals surface area contributed by atoms with Crippen molar-refractivity contribution in [2.24, 2.45) is 0 Å². The molecule has 125 heavy (non-hydrogen) atoms. The average molecular weight is 1790 g/mol. The molecule has 0 amide bonds. The van der Waals surface area contributed by atoms with Crippen molar-refractivity contribution >= 4 is 111 Å². The van der Waals surface area contributed by atoms with Crippen molar-refractivity contribution in [3.05, 3.63) is 177 Å². The summed E-state index contributed by atoms with van der Waals surface area (Å²) in [5.41, 5.74) is 13.0. The van der Waals surface area contributed by atoms with E-state index in [2.05, 4.69) is 166 Å². The van der Waals surface area contributed by atoms with Gasteiger partial charge in [0.25, 0.3) is 0 Å². The predicted octanol–water partition coefficient (Wildman–Crippen LogP) is 21.4. The van der Waals surface area contributed by atoms with Crippen LogP contribution in [0.3, 0.4) is 0 Å². The molecular weight excluding hydrogens is 1650 g/mol. The van der Waals surface area contributed by atoms with E-state index in [9.17, 15) is 25.3 Å². The minimum Gasteiger partial charge on any atom is -0.489 e. The first-order valence-corrected chi connectivity index (χ1v) is 49.2. The third-order valence-corrected chi connectivity index (χ3v) is 30.8. The molecule has 3 saturated carbocycles. The molecule has 9 aromatic rings. The highest BCUT2D eigenvalue weighted by Gasteiger charge is 2.34. The molecule has 4 aliphatic rings. The van der Waals surface area contributed by atoms with Crippen LogP contribution in [0.2, 0.25) is 5.02 Å². The lowest BCUT2D eigenvalue weighted by atomic mass is 9.80. The molecule has 13 rings (SSSR count). The zero-order valence-electron chi connectivity index (χ0n) is 77.0. The maximum atomic E-state index is 13.4. The van der Waals surface area contributed by atoms with Crippen LogP contribution in [-0.4, -0.2) is 176 Å². The zero-order chi connectivity index (χ0) is 90.5. The normalized spacial score (nSPS) is 18.4. The Morgan fingerprint density at radius 1 is 0.368 bits per heavy atom. The topological polar surface area (TPSA) is 293 Å². The lowest BCUT2D eigenvalue weighted by molar-refractivity contribution is 0.215. The van der Waals surface area contributed by atoms with E-state index < -0.39 is 40.2 Å². The van der Waals surface area contributed by atoms with Gasteiger partial charge in [-0.25, -0.2) is 40.2 Å². The molecule has 0 unspecified atom stereocenters. The molecular formula is C96H133ClN16O9S3. The maximum Gasteiger partial charge on any atom is 0.245 e. The molecule has 0 bridgehead atoms. The van der Waals surface area contributed by atoms with E-state index in [4.69, 9.17) is 35.8 Å². The number of ether oxygens (including phenoxy) is 3. The second-order valence-electron chi connectivity index (χ2n) is 35.9. The van der Waals surface area contributed by atoms with Crippen molar-refractivity contribution < 1.29 is 39.5 Å². The molecule has 3 aromatic heterocycles. The summed E-state index contributed by atoms with van der Waals surface area (Å²) in [6.07, 6.45) is 20.8. The summed E-state index contributed by atoms with van der Waals surface area (Å²) >= 11 is 6.50. The van der Waals surface area contributed by atoms with Gasteiger partial charge in [-0.2, -0.15) is 19.3 Å². The van der Waals surface area contributed by atoms with E-state index >= 15 is 0 Å². The number of halogens is 1. The van der Waals surface area contributed by atoms with Crippen molar-refractivity contribution in [2.45, 2.75) is 273 Å². The Morgan fingerprint density at radius 3 is 0.968 bits per heavy atom. The predicted molar refractivity (Wildman–Crippen MR) is 509 cm³/mol. The number of aromatic nitrogens is 6. The summed E-state index contributed by atoms with van der Waals surface area (Å²) in [5.74, 6) is 6.33. The van der Waals surface area contributed by atoms with Crippen molar-refractivity contribution in [3.8, 4) is 17.2 Å². The summed E-state index contributed by atoms with van der Waals surface area (Å²) in [6.45, 7) is 30.2. The van der Waals surface area contributed by atoms with Crippen molar-refractivity contribution in [1.29, 1.82) is 0 Å². The molecule has 0 spiro atoms. The van der Waals surface area contributed by atoms with E-state index in [1.165, 1.54) is 108 Å². The van der Waals surface area contributed by atoms with Gasteiger partial charge in [-0.1, -0.05) is 48.0 Å². The van der Waals surface area contributed by atoms with E-state index in [0.717, 1.165) is 71.1 Å². The minimum absolute atomic E-state index is 0.00570. The quantitative estimate of drug-likeness (QED) is 0.0244. The molecule has 4 fully saturated rings. The Kier molecular flexibility index (Phi) is 32.8. The Hall–Kier alpha value is -9.26. The van der Waals surface area contributed by atoms with Gasteiger partial charge in [-0.15, -0.1) is 0 Å².